The predicted octanol–water partition coefficient (Wildman–Crippen LogP) is 1.42. The summed E-state index contributed by atoms with van der Waals surface area (Å²) in [4.78, 5) is 3.90. The molecule has 0 unspecified atom stereocenters. The van der Waals surface area contributed by atoms with Crippen molar-refractivity contribution < 1.29 is 4.52 Å². The normalized spacial score (nSPS) is 10.5. The van der Waals surface area contributed by atoms with Crippen LogP contribution in [0.5, 0.6) is 0 Å². The lowest BCUT2D eigenvalue weighted by Gasteiger charge is -1.97. The number of nitrogens with one attached hydrogen (secondary N) is 1. The molecular weight excluding hydrogens is 186 g/mol. The third kappa shape index (κ3) is 2.37. The van der Waals surface area contributed by atoms with Crippen molar-refractivity contribution in [3.63, 3.8) is 0 Å². The van der Waals surface area contributed by atoms with Gasteiger partial charge in [0.1, 0.15) is 0 Å². The molecule has 0 spiro atoms. The minimum Gasteiger partial charge on any atom is -0.343 e. The Morgan fingerprint density at radius 2 is 2.46 bits per heavy atom. The fourth-order valence-electron chi connectivity index (χ4n) is 0.982. The molecule has 0 aliphatic carbocycles. The Hall–Kier alpha value is -1.20. The largest absolute Gasteiger partial charge is 0.343 e. The number of nitrogens with zero attached hydrogens (tertiary/aromatic N) is 2. The Kier molecular flexibility index (Phi) is 2.68. The van der Waals surface area contributed by atoms with Gasteiger partial charge >= 0.3 is 0 Å². The second-order valence-electron chi connectivity index (χ2n) is 2.58. The van der Waals surface area contributed by atoms with Crippen LogP contribution in [0.4, 0.5) is 0 Å². The van der Waals surface area contributed by atoms with E-state index < -0.39 is 0 Å². The van der Waals surface area contributed by atoms with E-state index in [1.165, 1.54) is 12.0 Å². The molecule has 2 aromatic rings. The van der Waals surface area contributed by atoms with Crippen molar-refractivity contribution in [2.75, 3.05) is 0 Å². The molecule has 2 rings (SSSR count). The van der Waals surface area contributed by atoms with Crippen molar-refractivity contribution in [1.29, 1.82) is 0 Å². The zero-order valence-corrected chi connectivity index (χ0v) is 7.75. The summed E-state index contributed by atoms with van der Waals surface area (Å²) in [6.07, 6.45) is 1.33. The van der Waals surface area contributed by atoms with Crippen LogP contribution < -0.4 is 5.32 Å². The lowest BCUT2D eigenvalue weighted by atomic mass is 10.3. The fraction of sp³-hybridized carbons (Fsp3) is 0.250. The zero-order valence-electron chi connectivity index (χ0n) is 6.93. The molecule has 4 nitrogen and oxygen atoms in total. The molecule has 13 heavy (non-hydrogen) atoms. The molecule has 5 heteroatoms. The van der Waals surface area contributed by atoms with Crippen molar-refractivity contribution >= 4 is 11.3 Å². The van der Waals surface area contributed by atoms with Gasteiger partial charge in [-0.05, 0) is 22.4 Å². The number of rotatable bonds is 4. The van der Waals surface area contributed by atoms with Crippen LogP contribution in [0.25, 0.3) is 0 Å². The maximum Gasteiger partial charge on any atom is 0.213 e. The molecule has 2 aromatic heterocycles. The Labute approximate surface area is 79.6 Å². The highest BCUT2D eigenvalue weighted by Crippen LogP contribution is 2.04. The zero-order chi connectivity index (χ0) is 8.93. The summed E-state index contributed by atoms with van der Waals surface area (Å²) in [6, 6.07) is 2.09. The molecule has 0 fully saturated rings. The molecular formula is C8H9N3OS. The topological polar surface area (TPSA) is 51.0 Å². The van der Waals surface area contributed by atoms with Crippen LogP contribution >= 0.6 is 11.3 Å². The van der Waals surface area contributed by atoms with Crippen LogP contribution in [0.1, 0.15) is 11.4 Å². The van der Waals surface area contributed by atoms with Crippen molar-refractivity contribution in [1.82, 2.24) is 15.5 Å². The van der Waals surface area contributed by atoms with Gasteiger partial charge < -0.3 is 9.84 Å². The predicted molar refractivity (Wildman–Crippen MR) is 49.2 cm³/mol. The summed E-state index contributed by atoms with van der Waals surface area (Å²) in [7, 11) is 0. The first-order valence-electron chi connectivity index (χ1n) is 3.92. The van der Waals surface area contributed by atoms with Crippen molar-refractivity contribution in [3.05, 3.63) is 34.6 Å². The number of hydrogen-bond donors (Lipinski definition) is 1. The summed E-state index contributed by atoms with van der Waals surface area (Å²) in [5.74, 6) is 0.690. The molecule has 0 aliphatic rings. The Morgan fingerprint density at radius 1 is 1.46 bits per heavy atom. The quantitative estimate of drug-likeness (QED) is 0.801. The summed E-state index contributed by atoms with van der Waals surface area (Å²) < 4.78 is 4.60. The van der Waals surface area contributed by atoms with Crippen LogP contribution in [0, 0.1) is 0 Å². The second kappa shape index (κ2) is 4.15. The van der Waals surface area contributed by atoms with Gasteiger partial charge in [-0.2, -0.15) is 16.3 Å². The smallest absolute Gasteiger partial charge is 0.213 e. The van der Waals surface area contributed by atoms with Crippen LogP contribution in [-0.2, 0) is 13.1 Å². The third-order valence-corrected chi connectivity index (χ3v) is 2.33. The van der Waals surface area contributed by atoms with Crippen molar-refractivity contribution in [2.24, 2.45) is 0 Å². The molecule has 2 heterocycles. The average Bonchev–Trinajstić information content (AvgIpc) is 2.75. The summed E-state index contributed by atoms with van der Waals surface area (Å²) in [6.45, 7) is 1.49. The third-order valence-electron chi connectivity index (χ3n) is 1.60. The summed E-state index contributed by atoms with van der Waals surface area (Å²) in [5.41, 5.74) is 1.29. The molecule has 0 amide bonds. The number of thiophene rings is 1. The Bertz CT molecular complexity index is 296. The lowest BCUT2D eigenvalue weighted by Crippen LogP contribution is -2.12. The van der Waals surface area contributed by atoms with Gasteiger partial charge in [0.15, 0.2) is 5.82 Å². The lowest BCUT2D eigenvalue weighted by molar-refractivity contribution is 0.407. The SMILES string of the molecule is c1nc(CNCc2ccsc2)no1. The van der Waals surface area contributed by atoms with E-state index in [2.05, 4.69) is 36.8 Å². The van der Waals surface area contributed by atoms with Crippen molar-refractivity contribution in [2.45, 2.75) is 13.1 Å². The first kappa shape index (κ1) is 8.40. The van der Waals surface area contributed by atoms with E-state index in [4.69, 9.17) is 0 Å². The molecule has 0 aliphatic heterocycles. The molecule has 0 atom stereocenters. The van der Waals surface area contributed by atoms with Gasteiger partial charge in [0.2, 0.25) is 6.39 Å². The van der Waals surface area contributed by atoms with E-state index in [9.17, 15) is 0 Å². The van der Waals surface area contributed by atoms with E-state index >= 15 is 0 Å². The average molecular weight is 195 g/mol. The molecule has 0 radical (unpaired) electrons. The summed E-state index contributed by atoms with van der Waals surface area (Å²) >= 11 is 1.70. The van der Waals surface area contributed by atoms with Crippen LogP contribution in [0.2, 0.25) is 0 Å². The first-order chi connectivity index (χ1) is 6.45. The van der Waals surface area contributed by atoms with Crippen molar-refractivity contribution in [3.8, 4) is 0 Å². The highest BCUT2D eigenvalue weighted by molar-refractivity contribution is 7.07. The summed E-state index contributed by atoms with van der Waals surface area (Å²) in [5, 5.41) is 11.1. The van der Waals surface area contributed by atoms with E-state index in [0.29, 0.717) is 12.4 Å². The van der Waals surface area contributed by atoms with E-state index in [1.54, 1.807) is 11.3 Å². The van der Waals surface area contributed by atoms with Gasteiger partial charge in [0.05, 0.1) is 6.54 Å². The molecule has 0 saturated heterocycles. The first-order valence-corrected chi connectivity index (χ1v) is 4.86. The highest BCUT2D eigenvalue weighted by atomic mass is 32.1. The molecule has 1 N–H and O–H groups in total. The van der Waals surface area contributed by atoms with Gasteiger partial charge in [-0.3, -0.25) is 0 Å². The van der Waals surface area contributed by atoms with E-state index in [0.717, 1.165) is 6.54 Å². The Morgan fingerprint density at radius 3 is 3.15 bits per heavy atom. The van der Waals surface area contributed by atoms with Crippen LogP contribution in [0.3, 0.4) is 0 Å². The van der Waals surface area contributed by atoms with E-state index in [-0.39, 0.29) is 0 Å². The molecule has 0 saturated carbocycles. The van der Waals surface area contributed by atoms with Crippen LogP contribution in [0.15, 0.2) is 27.7 Å². The standard InChI is InChI=1S/C8H9N3OS/c1-2-13-5-7(1)3-9-4-8-10-6-12-11-8/h1-2,5-6,9H,3-4H2. The second-order valence-corrected chi connectivity index (χ2v) is 3.36. The van der Waals surface area contributed by atoms with Gasteiger partial charge in [0.25, 0.3) is 0 Å². The maximum absolute atomic E-state index is 4.60. The number of hydrogen-bond acceptors (Lipinski definition) is 5. The minimum atomic E-state index is 0.645. The highest BCUT2D eigenvalue weighted by Gasteiger charge is 1.97. The van der Waals surface area contributed by atoms with Gasteiger partial charge in [0, 0.05) is 6.54 Å². The van der Waals surface area contributed by atoms with Gasteiger partial charge in [-0.15, -0.1) is 0 Å². The molecule has 68 valence electrons. The monoisotopic (exact) mass is 195 g/mol. The van der Waals surface area contributed by atoms with E-state index in [1.807, 2.05) is 0 Å². The van der Waals surface area contributed by atoms with Crippen LogP contribution in [-0.4, -0.2) is 10.1 Å². The maximum atomic E-state index is 4.60. The molecule has 0 aromatic carbocycles. The number of aromatic nitrogens is 2. The van der Waals surface area contributed by atoms with Gasteiger partial charge in [-0.1, -0.05) is 5.16 Å². The Balaban J connectivity index is 1.76. The van der Waals surface area contributed by atoms with Gasteiger partial charge in [-0.25, -0.2) is 0 Å². The minimum absolute atomic E-state index is 0.645. The molecule has 0 bridgehead atoms. The fourth-order valence-corrected chi connectivity index (χ4v) is 1.65.